The van der Waals surface area contributed by atoms with Crippen molar-refractivity contribution in [2.75, 3.05) is 19.0 Å². The summed E-state index contributed by atoms with van der Waals surface area (Å²) in [4.78, 5) is 7.35. The van der Waals surface area contributed by atoms with Crippen molar-refractivity contribution in [2.45, 2.75) is 4.34 Å². The minimum Gasteiger partial charge on any atom is -0.378 e. The number of primary sulfonamides is 1. The second-order valence-electron chi connectivity index (χ2n) is 4.60. The van der Waals surface area contributed by atoms with Crippen LogP contribution in [0.4, 0.5) is 11.4 Å². The molecule has 0 spiro atoms. The molecule has 0 bridgehead atoms. The second-order valence-corrected chi connectivity index (χ2v) is 8.02. The largest absolute Gasteiger partial charge is 0.378 e. The molecule has 22 heavy (non-hydrogen) atoms. The van der Waals surface area contributed by atoms with Gasteiger partial charge in [-0.25, -0.2) is 18.5 Å². The Hall–Kier alpha value is -1.82. The van der Waals surface area contributed by atoms with E-state index >= 15 is 0 Å². The minimum atomic E-state index is -3.84. The molecule has 0 aliphatic rings. The van der Waals surface area contributed by atoms with Crippen LogP contribution in [0.15, 0.2) is 33.6 Å². The van der Waals surface area contributed by atoms with Crippen LogP contribution in [-0.2, 0) is 10.0 Å². The molecule has 3 aromatic rings. The highest BCUT2D eigenvalue weighted by Crippen LogP contribution is 2.19. The predicted octanol–water partition coefficient (Wildman–Crippen LogP) is 0.798. The molecule has 2 aromatic heterocycles. The summed E-state index contributed by atoms with van der Waals surface area (Å²) in [5.41, 5.74) is 1.79. The predicted molar refractivity (Wildman–Crippen MR) is 86.1 cm³/mol. The van der Waals surface area contributed by atoms with E-state index in [-0.39, 0.29) is 4.34 Å². The Morgan fingerprint density at radius 3 is 2.55 bits per heavy atom. The van der Waals surface area contributed by atoms with Crippen molar-refractivity contribution in [3.05, 3.63) is 29.1 Å². The zero-order valence-electron chi connectivity index (χ0n) is 11.7. The van der Waals surface area contributed by atoms with Crippen LogP contribution in [0.1, 0.15) is 0 Å². The number of hydrogen-bond donors (Lipinski definition) is 1. The Morgan fingerprint density at radius 1 is 1.27 bits per heavy atom. The summed E-state index contributed by atoms with van der Waals surface area (Å²) in [6, 6.07) is 7.62. The van der Waals surface area contributed by atoms with Crippen LogP contribution in [0.3, 0.4) is 0 Å². The Bertz CT molecular complexity index is 981. The van der Waals surface area contributed by atoms with Gasteiger partial charge in [0.1, 0.15) is 0 Å². The van der Waals surface area contributed by atoms with Crippen LogP contribution in [-0.4, -0.2) is 36.5 Å². The van der Waals surface area contributed by atoms with E-state index in [1.807, 2.05) is 43.3 Å². The van der Waals surface area contributed by atoms with Crippen LogP contribution in [0.25, 0.3) is 4.96 Å². The topological polar surface area (TPSA) is 106 Å². The molecule has 0 atom stereocenters. The molecule has 0 amide bonds. The molecule has 116 valence electrons. The van der Waals surface area contributed by atoms with Crippen molar-refractivity contribution >= 4 is 49.2 Å². The number of fused-ring (bicyclic) bond motifs is 1. The molecule has 0 radical (unpaired) electrons. The number of hydrogen-bond acceptors (Lipinski definition) is 8. The van der Waals surface area contributed by atoms with Gasteiger partial charge in [0, 0.05) is 31.3 Å². The smallest absolute Gasteiger partial charge is 0.267 e. The maximum Gasteiger partial charge on any atom is 0.267 e. The van der Waals surface area contributed by atoms with E-state index in [0.717, 1.165) is 34.2 Å². The van der Waals surface area contributed by atoms with Gasteiger partial charge in [-0.15, -0.1) is 5.10 Å². The minimum absolute atomic E-state index is 0.179. The van der Waals surface area contributed by atoms with E-state index in [1.54, 1.807) is 0 Å². The van der Waals surface area contributed by atoms with Gasteiger partial charge in [0.2, 0.25) is 14.1 Å². The molecule has 0 saturated heterocycles. The number of aromatic nitrogens is 3. The summed E-state index contributed by atoms with van der Waals surface area (Å²) < 4.78 is 28.0. The van der Waals surface area contributed by atoms with E-state index in [4.69, 9.17) is 5.14 Å². The standard InChI is InChI=1S/C11H12N6O2S3/c1-16(2)8-5-3-7(4-6-8)13-9-17-10(15-21-9)20-11(14-17)22(12,18)19/h3-6H,1-2H3,(H2,12,18,19). The molecule has 2 N–H and O–H groups in total. The highest BCUT2D eigenvalue weighted by molar-refractivity contribution is 7.91. The number of anilines is 1. The third-order valence-corrected chi connectivity index (χ3v) is 5.79. The fraction of sp³-hybridized carbons (Fsp3) is 0.182. The molecule has 0 saturated carbocycles. The van der Waals surface area contributed by atoms with Gasteiger partial charge in [0.05, 0.1) is 5.69 Å². The summed E-state index contributed by atoms with van der Waals surface area (Å²) in [5, 5.41) is 9.03. The van der Waals surface area contributed by atoms with Crippen molar-refractivity contribution in [3.63, 3.8) is 0 Å². The van der Waals surface area contributed by atoms with Crippen LogP contribution in [0.2, 0.25) is 0 Å². The quantitative estimate of drug-likeness (QED) is 0.747. The number of rotatable bonds is 3. The van der Waals surface area contributed by atoms with Crippen LogP contribution in [0.5, 0.6) is 0 Å². The van der Waals surface area contributed by atoms with Gasteiger partial charge in [-0.1, -0.05) is 11.3 Å². The molecule has 11 heteroatoms. The van der Waals surface area contributed by atoms with E-state index in [1.165, 1.54) is 4.52 Å². The maximum atomic E-state index is 11.3. The lowest BCUT2D eigenvalue weighted by atomic mass is 10.3. The van der Waals surface area contributed by atoms with Gasteiger partial charge in [0.15, 0.2) is 0 Å². The fourth-order valence-electron chi connectivity index (χ4n) is 1.69. The summed E-state index contributed by atoms with van der Waals surface area (Å²) in [6.45, 7) is 0. The van der Waals surface area contributed by atoms with Gasteiger partial charge >= 0.3 is 0 Å². The van der Waals surface area contributed by atoms with Crippen molar-refractivity contribution in [1.82, 2.24) is 14.0 Å². The van der Waals surface area contributed by atoms with Crippen LogP contribution < -0.4 is 14.8 Å². The van der Waals surface area contributed by atoms with Gasteiger partial charge in [-0.2, -0.15) is 8.89 Å². The molecule has 0 aliphatic heterocycles. The zero-order valence-corrected chi connectivity index (χ0v) is 14.1. The summed E-state index contributed by atoms with van der Waals surface area (Å²) >= 11 is 2.06. The average Bonchev–Trinajstić information content (AvgIpc) is 3.01. The molecular weight excluding hydrogens is 344 g/mol. The average molecular weight is 356 g/mol. The van der Waals surface area contributed by atoms with Gasteiger partial charge in [-0.05, 0) is 24.3 Å². The van der Waals surface area contributed by atoms with E-state index in [2.05, 4.69) is 14.5 Å². The Kier molecular flexibility index (Phi) is 3.72. The molecule has 8 nitrogen and oxygen atoms in total. The Labute approximate surface area is 134 Å². The highest BCUT2D eigenvalue weighted by atomic mass is 32.2. The fourth-order valence-corrected chi connectivity index (χ4v) is 3.97. The van der Waals surface area contributed by atoms with E-state index < -0.39 is 10.0 Å². The van der Waals surface area contributed by atoms with E-state index in [0.29, 0.717) is 9.76 Å². The number of nitrogens with zero attached hydrogens (tertiary/aromatic N) is 5. The zero-order chi connectivity index (χ0) is 15.9. The lowest BCUT2D eigenvalue weighted by molar-refractivity contribution is 0.594. The molecule has 0 unspecified atom stereocenters. The molecule has 3 rings (SSSR count). The van der Waals surface area contributed by atoms with Crippen LogP contribution >= 0.6 is 22.9 Å². The second kappa shape index (κ2) is 5.43. The van der Waals surface area contributed by atoms with Gasteiger partial charge in [0.25, 0.3) is 10.0 Å². The van der Waals surface area contributed by atoms with Crippen molar-refractivity contribution in [2.24, 2.45) is 10.1 Å². The van der Waals surface area contributed by atoms with Gasteiger partial charge in [-0.3, -0.25) is 0 Å². The third kappa shape index (κ3) is 2.88. The van der Waals surface area contributed by atoms with Gasteiger partial charge < -0.3 is 4.90 Å². The SMILES string of the molecule is CN(C)c1ccc(N=c2snc3sc(S(N)(=O)=O)nn23)cc1. The number of nitrogens with two attached hydrogens (primary N) is 1. The first-order chi connectivity index (χ1) is 10.3. The molecule has 2 heterocycles. The highest BCUT2D eigenvalue weighted by Gasteiger charge is 2.16. The van der Waals surface area contributed by atoms with Crippen molar-refractivity contribution < 1.29 is 8.42 Å². The molecule has 0 aliphatic carbocycles. The van der Waals surface area contributed by atoms with E-state index in [9.17, 15) is 8.42 Å². The lowest BCUT2D eigenvalue weighted by Gasteiger charge is -2.11. The first kappa shape index (κ1) is 15.1. The van der Waals surface area contributed by atoms with Crippen LogP contribution in [0, 0.1) is 0 Å². The number of benzene rings is 1. The first-order valence-electron chi connectivity index (χ1n) is 6.05. The monoisotopic (exact) mass is 356 g/mol. The molecule has 1 aromatic carbocycles. The maximum absolute atomic E-state index is 11.3. The number of sulfonamides is 1. The summed E-state index contributed by atoms with van der Waals surface area (Å²) in [7, 11) is 0.0789. The normalized spacial score (nSPS) is 13.0. The summed E-state index contributed by atoms with van der Waals surface area (Å²) in [5.74, 6) is 0. The third-order valence-electron chi connectivity index (χ3n) is 2.76. The van der Waals surface area contributed by atoms with Crippen molar-refractivity contribution in [1.29, 1.82) is 0 Å². The Balaban J connectivity index is 2.07. The Morgan fingerprint density at radius 2 is 1.95 bits per heavy atom. The first-order valence-corrected chi connectivity index (χ1v) is 9.19. The summed E-state index contributed by atoms with van der Waals surface area (Å²) in [6.07, 6.45) is 0. The van der Waals surface area contributed by atoms with Crippen molar-refractivity contribution in [3.8, 4) is 0 Å². The molecular formula is C11H12N6O2S3. The molecule has 0 fully saturated rings. The lowest BCUT2D eigenvalue weighted by Crippen LogP contribution is -2.14.